The van der Waals surface area contributed by atoms with Gasteiger partial charge in [0.25, 0.3) is 0 Å². The van der Waals surface area contributed by atoms with Gasteiger partial charge in [-0.15, -0.1) is 0 Å². The summed E-state index contributed by atoms with van der Waals surface area (Å²) in [4.78, 5) is 0. The quantitative estimate of drug-likeness (QED) is 0.111. The van der Waals surface area contributed by atoms with Gasteiger partial charge in [-0.25, -0.2) is 0 Å². The zero-order valence-electron chi connectivity index (χ0n) is 35.5. The Kier molecular flexibility index (Phi) is 9.32. The van der Waals surface area contributed by atoms with Gasteiger partial charge in [-0.1, -0.05) is 232 Å². The topological polar surface area (TPSA) is 0 Å². The molecule has 60 heavy (non-hydrogen) atoms. The van der Waals surface area contributed by atoms with E-state index in [1.54, 1.807) is 0 Å². The van der Waals surface area contributed by atoms with Crippen molar-refractivity contribution in [3.8, 4) is 55.6 Å². The Morgan fingerprint density at radius 2 is 0.467 bits per heavy atom. The number of hydrogen-bond donors (Lipinski definition) is 0. The Labute approximate surface area is 356 Å². The SMILES string of the molecule is C[Si](C)(C)c1ccc(-c2cccc(-c3c4ccccc4c(-c4c5ccccc5c(-c5cccc(-c6ccc([Si](C)(C)C)cc6)c5)c5ccccc45)c4ccccc34)c2)cc1. The summed E-state index contributed by atoms with van der Waals surface area (Å²) in [6, 6.07) is 73.3. The molecule has 0 fully saturated rings. The van der Waals surface area contributed by atoms with E-state index in [9.17, 15) is 0 Å². The number of rotatable bonds is 7. The lowest BCUT2D eigenvalue weighted by molar-refractivity contribution is 1.61. The van der Waals surface area contributed by atoms with Crippen molar-refractivity contribution in [2.24, 2.45) is 0 Å². The zero-order chi connectivity index (χ0) is 41.2. The summed E-state index contributed by atoms with van der Waals surface area (Å²) in [7, 11) is -2.78. The average molecular weight is 803 g/mol. The first kappa shape index (κ1) is 37.9. The van der Waals surface area contributed by atoms with E-state index in [0.717, 1.165) is 0 Å². The van der Waals surface area contributed by atoms with Gasteiger partial charge in [-0.05, 0) is 111 Å². The molecular formula is C58H50Si2. The molecule has 0 unspecified atom stereocenters. The van der Waals surface area contributed by atoms with E-state index in [-0.39, 0.29) is 0 Å². The van der Waals surface area contributed by atoms with E-state index in [1.165, 1.54) is 109 Å². The van der Waals surface area contributed by atoms with Crippen LogP contribution in [-0.2, 0) is 0 Å². The van der Waals surface area contributed by atoms with Crippen LogP contribution in [0.15, 0.2) is 194 Å². The zero-order valence-corrected chi connectivity index (χ0v) is 37.5. The number of fused-ring (bicyclic) bond motifs is 4. The molecule has 0 spiro atoms. The van der Waals surface area contributed by atoms with Gasteiger partial charge in [0.2, 0.25) is 0 Å². The summed E-state index contributed by atoms with van der Waals surface area (Å²) in [5.41, 5.74) is 12.6. The fourth-order valence-electron chi connectivity index (χ4n) is 9.45. The summed E-state index contributed by atoms with van der Waals surface area (Å²) < 4.78 is 0. The van der Waals surface area contributed by atoms with E-state index < -0.39 is 16.1 Å². The number of benzene rings is 10. The second kappa shape index (κ2) is 14.7. The van der Waals surface area contributed by atoms with Gasteiger partial charge in [-0.2, -0.15) is 0 Å². The molecule has 0 heterocycles. The smallest absolute Gasteiger partial charge is 0.0656 e. The molecular weight excluding hydrogens is 753 g/mol. The van der Waals surface area contributed by atoms with E-state index >= 15 is 0 Å². The molecule has 2 heteroatoms. The Morgan fingerprint density at radius 1 is 0.217 bits per heavy atom. The van der Waals surface area contributed by atoms with Crippen molar-refractivity contribution < 1.29 is 0 Å². The highest BCUT2D eigenvalue weighted by molar-refractivity contribution is 6.89. The van der Waals surface area contributed by atoms with Crippen LogP contribution < -0.4 is 10.4 Å². The summed E-state index contributed by atoms with van der Waals surface area (Å²) in [5.74, 6) is 0. The Morgan fingerprint density at radius 3 is 0.733 bits per heavy atom. The molecule has 0 aliphatic carbocycles. The van der Waals surface area contributed by atoms with E-state index in [2.05, 4.69) is 233 Å². The van der Waals surface area contributed by atoms with Crippen molar-refractivity contribution >= 4 is 69.6 Å². The lowest BCUT2D eigenvalue weighted by Crippen LogP contribution is -2.37. The predicted octanol–water partition coefficient (Wildman–Crippen LogP) is 15.7. The van der Waals surface area contributed by atoms with Crippen LogP contribution in [0.3, 0.4) is 0 Å². The summed E-state index contributed by atoms with van der Waals surface area (Å²) in [6.45, 7) is 14.5. The summed E-state index contributed by atoms with van der Waals surface area (Å²) in [6.07, 6.45) is 0. The van der Waals surface area contributed by atoms with Crippen molar-refractivity contribution in [1.82, 2.24) is 0 Å². The number of hydrogen-bond acceptors (Lipinski definition) is 0. The van der Waals surface area contributed by atoms with Crippen molar-refractivity contribution in [2.75, 3.05) is 0 Å². The van der Waals surface area contributed by atoms with Crippen LogP contribution in [0.2, 0.25) is 39.3 Å². The maximum atomic E-state index is 2.41. The predicted molar refractivity (Wildman–Crippen MR) is 270 cm³/mol. The Bertz CT molecular complexity index is 2910. The molecule has 0 N–H and O–H groups in total. The lowest BCUT2D eigenvalue weighted by Gasteiger charge is -2.22. The minimum absolute atomic E-state index is 1.24. The molecule has 0 amide bonds. The molecule has 0 aliphatic rings. The van der Waals surface area contributed by atoms with Crippen LogP contribution in [-0.4, -0.2) is 16.1 Å². The fraction of sp³-hybridized carbons (Fsp3) is 0.103. The van der Waals surface area contributed by atoms with Crippen LogP contribution in [0, 0.1) is 0 Å². The van der Waals surface area contributed by atoms with Crippen LogP contribution >= 0.6 is 0 Å². The monoisotopic (exact) mass is 802 g/mol. The minimum atomic E-state index is -1.39. The molecule has 290 valence electrons. The Hall–Kier alpha value is -6.33. The first-order valence-electron chi connectivity index (χ1n) is 21.3. The van der Waals surface area contributed by atoms with Crippen molar-refractivity contribution in [2.45, 2.75) is 39.3 Å². The minimum Gasteiger partial charge on any atom is -0.0656 e. The van der Waals surface area contributed by atoms with Crippen LogP contribution in [0.5, 0.6) is 0 Å². The molecule has 10 rings (SSSR count). The first-order valence-corrected chi connectivity index (χ1v) is 28.3. The maximum Gasteiger partial charge on any atom is 0.0775 e. The van der Waals surface area contributed by atoms with Crippen molar-refractivity contribution in [3.05, 3.63) is 194 Å². The van der Waals surface area contributed by atoms with Crippen molar-refractivity contribution in [3.63, 3.8) is 0 Å². The van der Waals surface area contributed by atoms with E-state index in [1.807, 2.05) is 0 Å². The molecule has 0 saturated carbocycles. The molecule has 0 aromatic heterocycles. The first-order chi connectivity index (χ1) is 29.0. The Balaban J connectivity index is 1.20. The third-order valence-electron chi connectivity index (χ3n) is 12.6. The molecule has 0 saturated heterocycles. The fourth-order valence-corrected chi connectivity index (χ4v) is 11.8. The van der Waals surface area contributed by atoms with E-state index in [4.69, 9.17) is 0 Å². The molecule has 0 nitrogen and oxygen atoms in total. The van der Waals surface area contributed by atoms with Crippen LogP contribution in [0.25, 0.3) is 98.7 Å². The van der Waals surface area contributed by atoms with Gasteiger partial charge in [0, 0.05) is 0 Å². The summed E-state index contributed by atoms with van der Waals surface area (Å²) >= 11 is 0. The molecule has 0 aliphatic heterocycles. The second-order valence-corrected chi connectivity index (χ2v) is 28.7. The van der Waals surface area contributed by atoms with Crippen molar-refractivity contribution in [1.29, 1.82) is 0 Å². The largest absolute Gasteiger partial charge is 0.0775 e. The third-order valence-corrected chi connectivity index (χ3v) is 16.7. The average Bonchev–Trinajstić information content (AvgIpc) is 3.27. The molecule has 0 atom stereocenters. The normalized spacial score (nSPS) is 12.2. The van der Waals surface area contributed by atoms with Gasteiger partial charge >= 0.3 is 0 Å². The van der Waals surface area contributed by atoms with E-state index in [0.29, 0.717) is 0 Å². The van der Waals surface area contributed by atoms with Gasteiger partial charge in [0.05, 0.1) is 16.1 Å². The standard InChI is InChI=1S/C58H50Si2/c1-59(2,3)45-33-29-39(30-34-45)41-17-15-19-43(37-41)55-47-21-7-11-25-51(47)57(52-26-12-8-22-48(52)55)58-53-27-13-9-23-49(53)56(50-24-10-14-28-54(50)58)44-20-16-18-42(38-44)40-31-35-46(36-32-40)60(4,5)6/h7-38H,1-6H3. The highest BCUT2D eigenvalue weighted by atomic mass is 28.3. The third kappa shape index (κ3) is 6.61. The molecule has 0 radical (unpaired) electrons. The highest BCUT2D eigenvalue weighted by Crippen LogP contribution is 2.50. The highest BCUT2D eigenvalue weighted by Gasteiger charge is 2.23. The summed E-state index contributed by atoms with van der Waals surface area (Å²) in [5, 5.41) is 13.1. The van der Waals surface area contributed by atoms with Gasteiger partial charge in [0.15, 0.2) is 0 Å². The maximum absolute atomic E-state index is 2.41. The molecule has 0 bridgehead atoms. The van der Waals surface area contributed by atoms with Crippen LogP contribution in [0.4, 0.5) is 0 Å². The molecule has 10 aromatic rings. The lowest BCUT2D eigenvalue weighted by atomic mass is 9.80. The molecule has 10 aromatic carbocycles. The van der Waals surface area contributed by atoms with Gasteiger partial charge in [0.1, 0.15) is 0 Å². The van der Waals surface area contributed by atoms with Crippen LogP contribution in [0.1, 0.15) is 0 Å². The van der Waals surface area contributed by atoms with Gasteiger partial charge in [-0.3, -0.25) is 0 Å². The second-order valence-electron chi connectivity index (χ2n) is 18.5. The van der Waals surface area contributed by atoms with Gasteiger partial charge < -0.3 is 0 Å².